The van der Waals surface area contributed by atoms with E-state index in [9.17, 15) is 9.59 Å². The number of carbonyl (C=O) groups excluding carboxylic acids is 2. The quantitative estimate of drug-likeness (QED) is 0.449. The van der Waals surface area contributed by atoms with Gasteiger partial charge in [-0.25, -0.2) is 10.1 Å². The number of aromatic amines is 1. The second-order valence-corrected chi connectivity index (χ2v) is 9.23. The number of fused-ring (bicyclic) bond motifs is 2. The van der Waals surface area contributed by atoms with E-state index in [2.05, 4.69) is 25.6 Å². The zero-order valence-corrected chi connectivity index (χ0v) is 20.4. The summed E-state index contributed by atoms with van der Waals surface area (Å²) in [6.07, 6.45) is 1.34. The predicted octanol–water partition coefficient (Wildman–Crippen LogP) is 3.07. The van der Waals surface area contributed by atoms with E-state index in [4.69, 9.17) is 14.2 Å². The SMILES string of the molecule is COc1ccc2nc(C(=O)N3CCC4(CC3)CC(=O)c3cc(-c5nnn[nH]5)ccc3O4)cc(OC)c2c1. The number of benzene rings is 2. The fourth-order valence-corrected chi connectivity index (χ4v) is 5.06. The highest BCUT2D eigenvalue weighted by Gasteiger charge is 2.44. The zero-order valence-electron chi connectivity index (χ0n) is 20.4. The van der Waals surface area contributed by atoms with Crippen LogP contribution in [0.4, 0.5) is 0 Å². The Morgan fingerprint density at radius 1 is 1.08 bits per heavy atom. The second-order valence-electron chi connectivity index (χ2n) is 9.23. The van der Waals surface area contributed by atoms with Crippen molar-refractivity contribution in [3.8, 4) is 28.6 Å². The minimum absolute atomic E-state index is 0.00621. The second kappa shape index (κ2) is 8.84. The van der Waals surface area contributed by atoms with Crippen molar-refractivity contribution in [3.63, 3.8) is 0 Å². The third-order valence-corrected chi connectivity index (χ3v) is 7.09. The molecule has 11 nitrogen and oxygen atoms in total. The Morgan fingerprint density at radius 2 is 1.92 bits per heavy atom. The lowest BCUT2D eigenvalue weighted by Crippen LogP contribution is -2.52. The van der Waals surface area contributed by atoms with Gasteiger partial charge in [0, 0.05) is 42.9 Å². The van der Waals surface area contributed by atoms with Crippen LogP contribution in [0.15, 0.2) is 42.5 Å². The maximum Gasteiger partial charge on any atom is 0.272 e. The molecule has 4 heterocycles. The Labute approximate surface area is 211 Å². The van der Waals surface area contributed by atoms with Gasteiger partial charge in [-0.2, -0.15) is 0 Å². The van der Waals surface area contributed by atoms with Crippen molar-refractivity contribution in [2.45, 2.75) is 24.9 Å². The van der Waals surface area contributed by atoms with E-state index in [1.807, 2.05) is 18.2 Å². The molecule has 0 unspecified atom stereocenters. The first-order valence-electron chi connectivity index (χ1n) is 11.9. The molecule has 1 amide bonds. The normalized spacial score (nSPS) is 16.4. The summed E-state index contributed by atoms with van der Waals surface area (Å²) in [4.78, 5) is 32.8. The number of tetrazole rings is 1. The fourth-order valence-electron chi connectivity index (χ4n) is 5.06. The summed E-state index contributed by atoms with van der Waals surface area (Å²) < 4.78 is 17.2. The minimum Gasteiger partial charge on any atom is -0.497 e. The molecular formula is C26H24N6O5. The summed E-state index contributed by atoms with van der Waals surface area (Å²) in [6, 6.07) is 12.5. The molecule has 2 aliphatic rings. The van der Waals surface area contributed by atoms with Crippen LogP contribution >= 0.6 is 0 Å². The number of rotatable bonds is 4. The molecule has 0 radical (unpaired) electrons. The summed E-state index contributed by atoms with van der Waals surface area (Å²) in [5, 5.41) is 14.6. The number of Topliss-reactive ketones (excluding diaryl/α,β-unsaturated/α-hetero) is 1. The van der Waals surface area contributed by atoms with Crippen LogP contribution in [-0.4, -0.2) is 75.1 Å². The highest BCUT2D eigenvalue weighted by Crippen LogP contribution is 2.41. The number of ketones is 1. The van der Waals surface area contributed by atoms with Crippen molar-refractivity contribution in [1.82, 2.24) is 30.5 Å². The summed E-state index contributed by atoms with van der Waals surface area (Å²) in [5.41, 5.74) is 1.55. The van der Waals surface area contributed by atoms with Crippen LogP contribution in [0, 0.1) is 0 Å². The first-order valence-corrected chi connectivity index (χ1v) is 11.9. The topological polar surface area (TPSA) is 132 Å². The third-order valence-electron chi connectivity index (χ3n) is 7.09. The number of piperidine rings is 1. The Balaban J connectivity index is 1.19. The number of H-pyrrole nitrogens is 1. The first kappa shape index (κ1) is 22.9. The van der Waals surface area contributed by atoms with E-state index in [1.54, 1.807) is 43.4 Å². The number of ether oxygens (including phenoxy) is 3. The molecule has 0 atom stereocenters. The van der Waals surface area contributed by atoms with Gasteiger partial charge in [-0.1, -0.05) is 0 Å². The van der Waals surface area contributed by atoms with Gasteiger partial charge in [-0.05, 0) is 46.8 Å². The van der Waals surface area contributed by atoms with E-state index < -0.39 is 5.60 Å². The highest BCUT2D eigenvalue weighted by molar-refractivity contribution is 6.01. The Morgan fingerprint density at radius 3 is 2.65 bits per heavy atom. The summed E-state index contributed by atoms with van der Waals surface area (Å²) in [7, 11) is 3.16. The van der Waals surface area contributed by atoms with Crippen LogP contribution in [0.3, 0.4) is 0 Å². The van der Waals surface area contributed by atoms with E-state index in [-0.39, 0.29) is 18.1 Å². The standard InChI is InChI=1S/C26H24N6O5/c1-35-16-4-5-19-17(12-16)23(36-2)13-20(27-19)25(34)32-9-7-26(8-10-32)14-21(33)18-11-15(3-6-22(18)37-26)24-28-30-31-29-24/h3-6,11-13H,7-10,14H2,1-2H3,(H,28,29,30,31). The number of hydrogen-bond acceptors (Lipinski definition) is 9. The number of pyridine rings is 1. The Kier molecular flexibility index (Phi) is 5.47. The van der Waals surface area contributed by atoms with Gasteiger partial charge < -0.3 is 19.1 Å². The zero-order chi connectivity index (χ0) is 25.6. The van der Waals surface area contributed by atoms with E-state index >= 15 is 0 Å². The van der Waals surface area contributed by atoms with Gasteiger partial charge in [-0.3, -0.25) is 9.59 Å². The van der Waals surface area contributed by atoms with Crippen molar-refractivity contribution >= 4 is 22.6 Å². The average Bonchev–Trinajstić information content (AvgIpc) is 3.47. The Hall–Kier alpha value is -4.54. The van der Waals surface area contributed by atoms with Gasteiger partial charge in [-0.15, -0.1) is 5.10 Å². The number of methoxy groups -OCH3 is 2. The summed E-state index contributed by atoms with van der Waals surface area (Å²) in [5.74, 6) is 2.09. The van der Waals surface area contributed by atoms with Gasteiger partial charge in [0.1, 0.15) is 28.5 Å². The molecule has 0 aliphatic carbocycles. The maximum atomic E-state index is 13.4. The number of nitrogens with one attached hydrogen (secondary N) is 1. The summed E-state index contributed by atoms with van der Waals surface area (Å²) in [6.45, 7) is 0.905. The van der Waals surface area contributed by atoms with Crippen LogP contribution in [0.2, 0.25) is 0 Å². The van der Waals surface area contributed by atoms with Crippen molar-refractivity contribution < 1.29 is 23.8 Å². The van der Waals surface area contributed by atoms with Gasteiger partial charge in [0.2, 0.25) is 0 Å². The molecule has 37 heavy (non-hydrogen) atoms. The number of amides is 1. The largest absolute Gasteiger partial charge is 0.497 e. The minimum atomic E-state index is -0.638. The number of aromatic nitrogens is 5. The third kappa shape index (κ3) is 4.02. The van der Waals surface area contributed by atoms with Crippen molar-refractivity contribution in [2.24, 2.45) is 0 Å². The van der Waals surface area contributed by atoms with Crippen LogP contribution in [0.5, 0.6) is 17.2 Å². The number of nitrogens with zero attached hydrogens (tertiary/aromatic N) is 5. The monoisotopic (exact) mass is 500 g/mol. The molecule has 2 aromatic heterocycles. The van der Waals surface area contributed by atoms with Crippen molar-refractivity contribution in [3.05, 3.63) is 53.7 Å². The first-order chi connectivity index (χ1) is 18.0. The molecule has 1 spiro atoms. The lowest BCUT2D eigenvalue weighted by molar-refractivity contribution is -0.00583. The molecule has 188 valence electrons. The van der Waals surface area contributed by atoms with E-state index in [1.165, 1.54) is 0 Å². The van der Waals surface area contributed by atoms with Gasteiger partial charge >= 0.3 is 0 Å². The molecule has 11 heteroatoms. The smallest absolute Gasteiger partial charge is 0.272 e. The maximum absolute atomic E-state index is 13.4. The molecule has 0 bridgehead atoms. The van der Waals surface area contributed by atoms with Crippen LogP contribution < -0.4 is 14.2 Å². The number of hydrogen-bond donors (Lipinski definition) is 1. The Bertz CT molecular complexity index is 1510. The molecular weight excluding hydrogens is 476 g/mol. The fraction of sp³-hybridized carbons (Fsp3) is 0.308. The highest BCUT2D eigenvalue weighted by atomic mass is 16.5. The van der Waals surface area contributed by atoms with Crippen molar-refractivity contribution in [2.75, 3.05) is 27.3 Å². The number of likely N-dealkylation sites (tertiary alicyclic amines) is 1. The van der Waals surface area contributed by atoms with Crippen molar-refractivity contribution in [1.29, 1.82) is 0 Å². The molecule has 1 N–H and O–H groups in total. The average molecular weight is 501 g/mol. The molecule has 6 rings (SSSR count). The van der Waals surface area contributed by atoms with E-state index in [0.29, 0.717) is 71.3 Å². The molecule has 0 saturated carbocycles. The van der Waals surface area contributed by atoms with Crippen LogP contribution in [0.25, 0.3) is 22.3 Å². The predicted molar refractivity (Wildman–Crippen MR) is 132 cm³/mol. The lowest BCUT2D eigenvalue weighted by atomic mass is 9.82. The van der Waals surface area contributed by atoms with Gasteiger partial charge in [0.15, 0.2) is 11.6 Å². The molecule has 2 aliphatic heterocycles. The molecule has 2 aromatic carbocycles. The molecule has 4 aromatic rings. The van der Waals surface area contributed by atoms with Gasteiger partial charge in [0.05, 0.1) is 31.7 Å². The van der Waals surface area contributed by atoms with Crippen LogP contribution in [0.1, 0.15) is 40.1 Å². The molecule has 1 saturated heterocycles. The van der Waals surface area contributed by atoms with Crippen LogP contribution in [-0.2, 0) is 0 Å². The van der Waals surface area contributed by atoms with Gasteiger partial charge in [0.25, 0.3) is 5.91 Å². The lowest BCUT2D eigenvalue weighted by Gasteiger charge is -2.43. The molecule has 1 fully saturated rings. The number of carbonyl (C=O) groups is 2. The summed E-state index contributed by atoms with van der Waals surface area (Å²) >= 11 is 0. The van der Waals surface area contributed by atoms with E-state index in [0.717, 1.165) is 5.39 Å².